The fourth-order valence-corrected chi connectivity index (χ4v) is 3.29. The van der Waals surface area contributed by atoms with Gasteiger partial charge in [0.05, 0.1) is 30.4 Å². The molecule has 2 rings (SSSR count). The van der Waals surface area contributed by atoms with Crippen molar-refractivity contribution in [2.45, 2.75) is 26.8 Å². The number of carbonyl (C=O) groups is 3. The fraction of sp³-hybridized carbons (Fsp3) is 0.375. The van der Waals surface area contributed by atoms with Gasteiger partial charge in [0.1, 0.15) is 0 Å². The van der Waals surface area contributed by atoms with Crippen molar-refractivity contribution in [1.29, 1.82) is 0 Å². The lowest BCUT2D eigenvalue weighted by atomic mass is 10.1. The lowest BCUT2D eigenvalue weighted by molar-refractivity contribution is -0.132. The van der Waals surface area contributed by atoms with Crippen molar-refractivity contribution < 1.29 is 14.4 Å². The number of likely N-dealkylation sites (N-methyl/N-ethyl adjacent to an activating group) is 2. The number of benzene rings is 2. The van der Waals surface area contributed by atoms with E-state index < -0.39 is 0 Å². The summed E-state index contributed by atoms with van der Waals surface area (Å²) in [7, 11) is 1.72. The van der Waals surface area contributed by atoms with Crippen LogP contribution < -0.4 is 10.6 Å². The SMILES string of the molecule is CCN(CC)C(=O)CN(C)CC(=O)Nc1ccccc1C(=O)NC(C)c1ccccc1. The smallest absolute Gasteiger partial charge is 0.253 e. The van der Waals surface area contributed by atoms with Crippen molar-refractivity contribution in [1.82, 2.24) is 15.1 Å². The van der Waals surface area contributed by atoms with E-state index in [9.17, 15) is 14.4 Å². The highest BCUT2D eigenvalue weighted by Gasteiger charge is 2.18. The summed E-state index contributed by atoms with van der Waals surface area (Å²) in [5, 5.41) is 5.77. The highest BCUT2D eigenvalue weighted by molar-refractivity contribution is 6.04. The Bertz CT molecular complexity index is 881. The van der Waals surface area contributed by atoms with Crippen molar-refractivity contribution in [3.05, 3.63) is 65.7 Å². The first-order valence-corrected chi connectivity index (χ1v) is 10.6. The molecule has 2 N–H and O–H groups in total. The molecule has 0 saturated heterocycles. The van der Waals surface area contributed by atoms with Gasteiger partial charge in [-0.2, -0.15) is 0 Å². The van der Waals surface area contributed by atoms with Crippen LogP contribution in [-0.2, 0) is 9.59 Å². The molecule has 1 atom stereocenters. The second-order valence-corrected chi connectivity index (χ2v) is 7.44. The summed E-state index contributed by atoms with van der Waals surface area (Å²) >= 11 is 0. The summed E-state index contributed by atoms with van der Waals surface area (Å²) in [5.74, 6) is -0.571. The minimum atomic E-state index is -0.286. The molecule has 0 heterocycles. The molecule has 7 nitrogen and oxygen atoms in total. The monoisotopic (exact) mass is 424 g/mol. The van der Waals surface area contributed by atoms with E-state index in [1.165, 1.54) is 0 Å². The molecule has 0 aromatic heterocycles. The van der Waals surface area contributed by atoms with Crippen LogP contribution in [0.15, 0.2) is 54.6 Å². The number of carbonyl (C=O) groups excluding carboxylic acids is 3. The molecule has 0 fully saturated rings. The van der Waals surface area contributed by atoms with Crippen molar-refractivity contribution in [2.24, 2.45) is 0 Å². The van der Waals surface area contributed by atoms with Crippen molar-refractivity contribution in [2.75, 3.05) is 38.5 Å². The largest absolute Gasteiger partial charge is 0.345 e. The normalized spacial score (nSPS) is 11.6. The molecule has 166 valence electrons. The second-order valence-electron chi connectivity index (χ2n) is 7.44. The molecular weight excluding hydrogens is 392 g/mol. The molecule has 2 aromatic rings. The predicted octanol–water partition coefficient (Wildman–Crippen LogP) is 2.92. The molecule has 0 bridgehead atoms. The Labute approximate surface area is 184 Å². The van der Waals surface area contributed by atoms with Crippen molar-refractivity contribution in [3.63, 3.8) is 0 Å². The van der Waals surface area contributed by atoms with Gasteiger partial charge in [-0.3, -0.25) is 19.3 Å². The minimum Gasteiger partial charge on any atom is -0.345 e. The van der Waals surface area contributed by atoms with Crippen LogP contribution in [-0.4, -0.2) is 60.7 Å². The second kappa shape index (κ2) is 11.9. The van der Waals surface area contributed by atoms with Crippen LogP contribution in [0.3, 0.4) is 0 Å². The fourth-order valence-electron chi connectivity index (χ4n) is 3.29. The van der Waals surface area contributed by atoms with E-state index in [0.717, 1.165) is 5.56 Å². The Kier molecular flexibility index (Phi) is 9.21. The Morgan fingerprint density at radius 2 is 1.52 bits per heavy atom. The molecule has 0 aliphatic rings. The van der Waals surface area contributed by atoms with Gasteiger partial charge >= 0.3 is 0 Å². The topological polar surface area (TPSA) is 81.8 Å². The van der Waals surface area contributed by atoms with Crippen LogP contribution in [0, 0.1) is 0 Å². The highest BCUT2D eigenvalue weighted by atomic mass is 16.2. The lowest BCUT2D eigenvalue weighted by Gasteiger charge is -2.23. The summed E-state index contributed by atoms with van der Waals surface area (Å²) in [5.41, 5.74) is 1.83. The summed E-state index contributed by atoms with van der Waals surface area (Å²) in [6.07, 6.45) is 0. The molecule has 2 aromatic carbocycles. The number of hydrogen-bond acceptors (Lipinski definition) is 4. The third-order valence-electron chi connectivity index (χ3n) is 5.03. The molecular formula is C24H32N4O3. The van der Waals surface area contributed by atoms with Gasteiger partial charge < -0.3 is 15.5 Å². The summed E-state index contributed by atoms with van der Waals surface area (Å²) < 4.78 is 0. The number of amides is 3. The Balaban J connectivity index is 1.99. The molecule has 0 aliphatic heterocycles. The molecule has 7 heteroatoms. The zero-order valence-corrected chi connectivity index (χ0v) is 18.7. The molecule has 3 amide bonds. The summed E-state index contributed by atoms with van der Waals surface area (Å²) in [4.78, 5) is 40.9. The standard InChI is InChI=1S/C24H32N4O3/c1-5-28(6-2)23(30)17-27(4)16-22(29)26-21-15-11-10-14-20(21)24(31)25-18(3)19-12-8-7-9-13-19/h7-15,18H,5-6,16-17H2,1-4H3,(H,25,31)(H,26,29). The Hall–Kier alpha value is -3.19. The van der Waals surface area contributed by atoms with Gasteiger partial charge in [-0.15, -0.1) is 0 Å². The van der Waals surface area contributed by atoms with Gasteiger partial charge in [-0.1, -0.05) is 42.5 Å². The van der Waals surface area contributed by atoms with Crippen LogP contribution >= 0.6 is 0 Å². The van der Waals surface area contributed by atoms with Gasteiger partial charge in [0, 0.05) is 13.1 Å². The first-order valence-electron chi connectivity index (χ1n) is 10.6. The number of anilines is 1. The zero-order chi connectivity index (χ0) is 22.8. The summed E-state index contributed by atoms with van der Waals surface area (Å²) in [6, 6.07) is 16.4. The number of nitrogens with one attached hydrogen (secondary N) is 2. The van der Waals surface area contributed by atoms with Gasteiger partial charge in [-0.05, 0) is 45.5 Å². The average molecular weight is 425 g/mol. The maximum absolute atomic E-state index is 12.8. The van der Waals surface area contributed by atoms with Crippen molar-refractivity contribution in [3.8, 4) is 0 Å². The average Bonchev–Trinajstić information content (AvgIpc) is 2.75. The number of para-hydroxylation sites is 1. The van der Waals surface area contributed by atoms with Gasteiger partial charge in [-0.25, -0.2) is 0 Å². The number of nitrogens with zero attached hydrogens (tertiary/aromatic N) is 2. The third kappa shape index (κ3) is 7.22. The Morgan fingerprint density at radius 1 is 0.903 bits per heavy atom. The van der Waals surface area contributed by atoms with E-state index in [4.69, 9.17) is 0 Å². The first-order chi connectivity index (χ1) is 14.8. The zero-order valence-electron chi connectivity index (χ0n) is 18.7. The van der Waals surface area contributed by atoms with E-state index >= 15 is 0 Å². The van der Waals surface area contributed by atoms with Crippen LogP contribution in [0.5, 0.6) is 0 Å². The van der Waals surface area contributed by atoms with Crippen LogP contribution in [0.4, 0.5) is 5.69 Å². The van der Waals surface area contributed by atoms with E-state index in [1.807, 2.05) is 51.1 Å². The van der Waals surface area contributed by atoms with Gasteiger partial charge in [0.2, 0.25) is 11.8 Å². The number of rotatable bonds is 10. The third-order valence-corrected chi connectivity index (χ3v) is 5.03. The molecule has 0 saturated carbocycles. The van der Waals surface area contributed by atoms with E-state index in [1.54, 1.807) is 41.1 Å². The molecule has 31 heavy (non-hydrogen) atoms. The molecule has 0 radical (unpaired) electrons. The van der Waals surface area contributed by atoms with Crippen LogP contribution in [0.2, 0.25) is 0 Å². The lowest BCUT2D eigenvalue weighted by Crippen LogP contribution is -2.41. The molecule has 0 spiro atoms. The number of hydrogen-bond donors (Lipinski definition) is 2. The van der Waals surface area contributed by atoms with Gasteiger partial charge in [0.15, 0.2) is 0 Å². The molecule has 0 aliphatic carbocycles. The predicted molar refractivity (Wildman–Crippen MR) is 123 cm³/mol. The summed E-state index contributed by atoms with van der Waals surface area (Å²) in [6.45, 7) is 7.24. The Morgan fingerprint density at radius 3 is 2.16 bits per heavy atom. The van der Waals surface area contributed by atoms with Crippen LogP contribution in [0.25, 0.3) is 0 Å². The van der Waals surface area contributed by atoms with Crippen LogP contribution in [0.1, 0.15) is 42.7 Å². The van der Waals surface area contributed by atoms with E-state index in [2.05, 4.69) is 10.6 Å². The molecule has 1 unspecified atom stereocenters. The minimum absolute atomic E-state index is 0.0185. The van der Waals surface area contributed by atoms with E-state index in [-0.39, 0.29) is 36.9 Å². The van der Waals surface area contributed by atoms with E-state index in [0.29, 0.717) is 24.3 Å². The first kappa shape index (κ1) is 24.1. The maximum atomic E-state index is 12.8. The highest BCUT2D eigenvalue weighted by Crippen LogP contribution is 2.18. The van der Waals surface area contributed by atoms with Gasteiger partial charge in [0.25, 0.3) is 5.91 Å². The quantitative estimate of drug-likeness (QED) is 0.614. The maximum Gasteiger partial charge on any atom is 0.253 e. The van der Waals surface area contributed by atoms with Crippen molar-refractivity contribution >= 4 is 23.4 Å².